The smallest absolute Gasteiger partial charge is 0.251 e. The zero-order valence-corrected chi connectivity index (χ0v) is 17.8. The van der Waals surface area contributed by atoms with Crippen molar-refractivity contribution < 1.29 is 13.2 Å². The number of amides is 1. The molecule has 0 spiro atoms. The molecule has 0 saturated carbocycles. The van der Waals surface area contributed by atoms with Crippen molar-refractivity contribution in [1.82, 2.24) is 9.62 Å². The fourth-order valence-corrected chi connectivity index (χ4v) is 5.13. The molecule has 1 aromatic rings. The van der Waals surface area contributed by atoms with E-state index in [2.05, 4.69) is 33.0 Å². The van der Waals surface area contributed by atoms with E-state index in [9.17, 15) is 13.2 Å². The Morgan fingerprint density at radius 2 is 1.92 bits per heavy atom. The molecule has 1 aliphatic rings. The summed E-state index contributed by atoms with van der Waals surface area (Å²) in [7, 11) is -3.54. The third-order valence-electron chi connectivity index (χ3n) is 4.40. The Labute approximate surface area is 162 Å². The third-order valence-corrected chi connectivity index (χ3v) is 7.57. The van der Waals surface area contributed by atoms with E-state index in [0.29, 0.717) is 31.1 Å². The number of rotatable bonds is 6. The van der Waals surface area contributed by atoms with Crippen LogP contribution in [0.5, 0.6) is 0 Å². The molecule has 7 heteroatoms. The molecule has 1 heterocycles. The SMILES string of the molecule is CC1CCN(S(=O)(=O)c2cccc(C(=O)NCCSC(C)(C)C)c2)CC1. The first-order valence-electron chi connectivity index (χ1n) is 9.12. The van der Waals surface area contributed by atoms with Gasteiger partial charge in [-0.1, -0.05) is 33.8 Å². The second-order valence-corrected chi connectivity index (χ2v) is 11.7. The second kappa shape index (κ2) is 8.76. The fourth-order valence-electron chi connectivity index (χ4n) is 2.80. The largest absolute Gasteiger partial charge is 0.351 e. The number of hydrogen-bond donors (Lipinski definition) is 1. The van der Waals surface area contributed by atoms with Gasteiger partial charge in [0.2, 0.25) is 10.0 Å². The Bertz CT molecular complexity index is 719. The van der Waals surface area contributed by atoms with Gasteiger partial charge in [0.25, 0.3) is 5.91 Å². The van der Waals surface area contributed by atoms with Crippen molar-refractivity contribution in [3.05, 3.63) is 29.8 Å². The highest BCUT2D eigenvalue weighted by Gasteiger charge is 2.28. The van der Waals surface area contributed by atoms with E-state index in [-0.39, 0.29) is 15.5 Å². The number of nitrogens with one attached hydrogen (secondary N) is 1. The van der Waals surface area contributed by atoms with Crippen molar-refractivity contribution in [2.24, 2.45) is 5.92 Å². The topological polar surface area (TPSA) is 66.5 Å². The van der Waals surface area contributed by atoms with Crippen LogP contribution in [0.3, 0.4) is 0 Å². The number of nitrogens with zero attached hydrogens (tertiary/aromatic N) is 1. The van der Waals surface area contributed by atoms with Crippen molar-refractivity contribution in [2.75, 3.05) is 25.4 Å². The minimum absolute atomic E-state index is 0.157. The first-order valence-corrected chi connectivity index (χ1v) is 11.5. The summed E-state index contributed by atoms with van der Waals surface area (Å²) in [5.74, 6) is 1.15. The molecule has 1 amide bonds. The molecule has 1 fully saturated rings. The maximum Gasteiger partial charge on any atom is 0.251 e. The zero-order valence-electron chi connectivity index (χ0n) is 16.1. The Morgan fingerprint density at radius 3 is 2.54 bits per heavy atom. The normalized spacial score (nSPS) is 17.2. The van der Waals surface area contributed by atoms with Gasteiger partial charge in [0.1, 0.15) is 0 Å². The number of thioether (sulfide) groups is 1. The summed E-state index contributed by atoms with van der Waals surface area (Å²) < 4.78 is 27.3. The highest BCUT2D eigenvalue weighted by Crippen LogP contribution is 2.24. The summed E-state index contributed by atoms with van der Waals surface area (Å²) in [6.45, 7) is 10.2. The van der Waals surface area contributed by atoms with Crippen molar-refractivity contribution in [3.8, 4) is 0 Å². The monoisotopic (exact) mass is 398 g/mol. The Hall–Kier alpha value is -1.05. The third kappa shape index (κ3) is 5.99. The Kier molecular flexibility index (Phi) is 7.16. The highest BCUT2D eigenvalue weighted by molar-refractivity contribution is 8.00. The average molecular weight is 399 g/mol. The predicted molar refractivity (Wildman–Crippen MR) is 108 cm³/mol. The van der Waals surface area contributed by atoms with E-state index in [0.717, 1.165) is 18.6 Å². The quantitative estimate of drug-likeness (QED) is 0.746. The van der Waals surface area contributed by atoms with Gasteiger partial charge in [-0.05, 0) is 37.0 Å². The number of benzene rings is 1. The molecule has 0 aliphatic carbocycles. The summed E-state index contributed by atoms with van der Waals surface area (Å²) in [6.07, 6.45) is 1.76. The van der Waals surface area contributed by atoms with Gasteiger partial charge >= 0.3 is 0 Å². The number of piperidine rings is 1. The maximum absolute atomic E-state index is 12.8. The molecule has 2 rings (SSSR count). The lowest BCUT2D eigenvalue weighted by Gasteiger charge is -2.29. The molecule has 146 valence electrons. The van der Waals surface area contributed by atoms with Crippen LogP contribution in [0.15, 0.2) is 29.2 Å². The van der Waals surface area contributed by atoms with Gasteiger partial charge in [-0.2, -0.15) is 16.1 Å². The van der Waals surface area contributed by atoms with Crippen molar-refractivity contribution in [2.45, 2.75) is 50.2 Å². The van der Waals surface area contributed by atoms with Crippen LogP contribution < -0.4 is 5.32 Å². The standard InChI is InChI=1S/C19H30N2O3S2/c1-15-8-11-21(12-9-15)26(23,24)17-7-5-6-16(14-17)18(22)20-10-13-25-19(2,3)4/h5-7,14-15H,8-13H2,1-4H3,(H,20,22). The van der Waals surface area contributed by atoms with E-state index in [1.807, 2.05) is 0 Å². The lowest BCUT2D eigenvalue weighted by molar-refractivity contribution is 0.0956. The molecule has 0 bridgehead atoms. The average Bonchev–Trinajstić information content (AvgIpc) is 2.58. The van der Waals surface area contributed by atoms with Crippen LogP contribution in [0.25, 0.3) is 0 Å². The molecule has 0 radical (unpaired) electrons. The van der Waals surface area contributed by atoms with Crippen molar-refractivity contribution >= 4 is 27.7 Å². The second-order valence-electron chi connectivity index (χ2n) is 7.83. The highest BCUT2D eigenvalue weighted by atomic mass is 32.2. The van der Waals surface area contributed by atoms with Gasteiger partial charge in [-0.3, -0.25) is 4.79 Å². The number of carbonyl (C=O) groups is 1. The summed E-state index contributed by atoms with van der Waals surface area (Å²) in [5.41, 5.74) is 0.386. The van der Waals surface area contributed by atoms with Crippen LogP contribution in [-0.4, -0.2) is 48.8 Å². The molecule has 5 nitrogen and oxygen atoms in total. The molecule has 0 atom stereocenters. The van der Waals surface area contributed by atoms with Crippen LogP contribution in [-0.2, 0) is 10.0 Å². The molecule has 0 unspecified atom stereocenters. The van der Waals surface area contributed by atoms with Gasteiger partial charge in [0.15, 0.2) is 0 Å². The van der Waals surface area contributed by atoms with Gasteiger partial charge < -0.3 is 5.32 Å². The molecular formula is C19H30N2O3S2. The molecule has 1 aromatic carbocycles. The lowest BCUT2D eigenvalue weighted by atomic mass is 10.0. The van der Waals surface area contributed by atoms with E-state index in [4.69, 9.17) is 0 Å². The summed E-state index contributed by atoms with van der Waals surface area (Å²) in [4.78, 5) is 12.5. The molecule has 1 aliphatic heterocycles. The summed E-state index contributed by atoms with van der Waals surface area (Å²) in [6, 6.07) is 6.35. The van der Waals surface area contributed by atoms with Crippen LogP contribution in [0.1, 0.15) is 50.9 Å². The van der Waals surface area contributed by atoms with Gasteiger partial charge in [-0.15, -0.1) is 0 Å². The zero-order chi connectivity index (χ0) is 19.4. The molecule has 0 aromatic heterocycles. The van der Waals surface area contributed by atoms with Gasteiger partial charge in [-0.25, -0.2) is 8.42 Å². The first kappa shape index (κ1) is 21.3. The van der Waals surface area contributed by atoms with Gasteiger partial charge in [0, 0.05) is 35.7 Å². The van der Waals surface area contributed by atoms with Crippen LogP contribution in [0, 0.1) is 5.92 Å². The molecule has 1 N–H and O–H groups in total. The molecule has 26 heavy (non-hydrogen) atoms. The summed E-state index contributed by atoms with van der Waals surface area (Å²) in [5, 5.41) is 2.87. The molecular weight excluding hydrogens is 368 g/mol. The van der Waals surface area contributed by atoms with Crippen LogP contribution in [0.2, 0.25) is 0 Å². The predicted octanol–water partition coefficient (Wildman–Crippen LogP) is 3.37. The Balaban J connectivity index is 2.01. The number of sulfonamides is 1. The maximum atomic E-state index is 12.8. The van der Waals surface area contributed by atoms with Gasteiger partial charge in [0.05, 0.1) is 4.90 Å². The number of hydrogen-bond acceptors (Lipinski definition) is 4. The summed E-state index contributed by atoms with van der Waals surface area (Å²) >= 11 is 1.78. The van der Waals surface area contributed by atoms with E-state index >= 15 is 0 Å². The van der Waals surface area contributed by atoms with Crippen molar-refractivity contribution in [1.29, 1.82) is 0 Å². The molecule has 1 saturated heterocycles. The Morgan fingerprint density at radius 1 is 1.27 bits per heavy atom. The lowest BCUT2D eigenvalue weighted by Crippen LogP contribution is -2.38. The van der Waals surface area contributed by atoms with Crippen molar-refractivity contribution in [3.63, 3.8) is 0 Å². The number of carbonyl (C=O) groups excluding carboxylic acids is 1. The minimum atomic E-state index is -3.54. The van der Waals surface area contributed by atoms with Crippen LogP contribution >= 0.6 is 11.8 Å². The first-order chi connectivity index (χ1) is 12.1. The van der Waals surface area contributed by atoms with E-state index < -0.39 is 10.0 Å². The van der Waals surface area contributed by atoms with Crippen LogP contribution in [0.4, 0.5) is 0 Å². The van der Waals surface area contributed by atoms with E-state index in [1.165, 1.54) is 10.4 Å². The van der Waals surface area contributed by atoms with E-state index in [1.54, 1.807) is 30.0 Å². The fraction of sp³-hybridized carbons (Fsp3) is 0.632. The minimum Gasteiger partial charge on any atom is -0.351 e.